The highest BCUT2D eigenvalue weighted by Gasteiger charge is 2.11. The molecule has 0 saturated carbocycles. The van der Waals surface area contributed by atoms with Crippen LogP contribution in [-0.2, 0) is 22.3 Å². The van der Waals surface area contributed by atoms with Crippen molar-refractivity contribution >= 4 is 15.7 Å². The Kier molecular flexibility index (Phi) is 6.40. The third-order valence-corrected chi connectivity index (χ3v) is 5.30. The second-order valence-electron chi connectivity index (χ2n) is 5.91. The number of anilines is 1. The van der Waals surface area contributed by atoms with E-state index in [0.29, 0.717) is 6.54 Å². The Morgan fingerprint density at radius 2 is 1.62 bits per heavy atom. The molecule has 0 heterocycles. The van der Waals surface area contributed by atoms with Crippen LogP contribution in [0.1, 0.15) is 30.5 Å². The van der Waals surface area contributed by atoms with Crippen LogP contribution in [0.5, 0.6) is 0 Å². The summed E-state index contributed by atoms with van der Waals surface area (Å²) < 4.78 is 27.1. The monoisotopic (exact) mass is 346 g/mol. The summed E-state index contributed by atoms with van der Waals surface area (Å²) >= 11 is 0. The molecule has 0 radical (unpaired) electrons. The number of aryl methyl sites for hydroxylation is 1. The molecule has 2 aromatic rings. The number of nitrogens with zero attached hydrogens (tertiary/aromatic N) is 1. The molecule has 4 nitrogen and oxygen atoms in total. The van der Waals surface area contributed by atoms with Gasteiger partial charge in [-0.05, 0) is 44.0 Å². The molecule has 0 saturated heterocycles. The number of rotatable bonds is 8. The SMILES string of the molecule is CCN(CC)c1ccc(CNS(=O)(=O)Cc2cccc(C)c2)cc1. The van der Waals surface area contributed by atoms with Crippen LogP contribution in [0.3, 0.4) is 0 Å². The molecule has 0 amide bonds. The maximum atomic E-state index is 12.2. The number of nitrogens with one attached hydrogen (secondary N) is 1. The van der Waals surface area contributed by atoms with Crippen molar-refractivity contribution in [3.63, 3.8) is 0 Å². The Bertz CT molecular complexity index is 751. The van der Waals surface area contributed by atoms with Crippen molar-refractivity contribution in [1.29, 1.82) is 0 Å². The van der Waals surface area contributed by atoms with Crippen molar-refractivity contribution in [3.8, 4) is 0 Å². The summed E-state index contributed by atoms with van der Waals surface area (Å²) in [6, 6.07) is 15.6. The third-order valence-electron chi connectivity index (χ3n) is 4.00. The zero-order valence-corrected chi connectivity index (χ0v) is 15.4. The van der Waals surface area contributed by atoms with Crippen LogP contribution in [-0.4, -0.2) is 21.5 Å². The van der Waals surface area contributed by atoms with E-state index in [1.165, 1.54) is 0 Å². The normalized spacial score (nSPS) is 11.5. The lowest BCUT2D eigenvalue weighted by Crippen LogP contribution is -2.25. The van der Waals surface area contributed by atoms with Crippen LogP contribution < -0.4 is 9.62 Å². The molecule has 0 unspecified atom stereocenters. The number of sulfonamides is 1. The predicted molar refractivity (Wildman–Crippen MR) is 101 cm³/mol. The van der Waals surface area contributed by atoms with E-state index in [4.69, 9.17) is 0 Å². The number of hydrogen-bond acceptors (Lipinski definition) is 3. The van der Waals surface area contributed by atoms with Gasteiger partial charge in [-0.1, -0.05) is 42.0 Å². The van der Waals surface area contributed by atoms with Gasteiger partial charge < -0.3 is 4.90 Å². The van der Waals surface area contributed by atoms with E-state index in [-0.39, 0.29) is 5.75 Å². The number of hydrogen-bond donors (Lipinski definition) is 1. The van der Waals surface area contributed by atoms with E-state index in [9.17, 15) is 8.42 Å². The maximum Gasteiger partial charge on any atom is 0.216 e. The molecule has 130 valence electrons. The summed E-state index contributed by atoms with van der Waals surface area (Å²) in [5.74, 6) is 0.00616. The highest BCUT2D eigenvalue weighted by molar-refractivity contribution is 7.88. The quantitative estimate of drug-likeness (QED) is 0.796. The Labute approximate surface area is 145 Å². The second kappa shape index (κ2) is 8.31. The van der Waals surface area contributed by atoms with Crippen LogP contribution in [0.4, 0.5) is 5.69 Å². The van der Waals surface area contributed by atoms with Crippen LogP contribution in [0, 0.1) is 6.92 Å². The van der Waals surface area contributed by atoms with Gasteiger partial charge in [0.1, 0.15) is 0 Å². The summed E-state index contributed by atoms with van der Waals surface area (Å²) in [6.07, 6.45) is 0. The lowest BCUT2D eigenvalue weighted by atomic mass is 10.2. The first-order chi connectivity index (χ1) is 11.4. The van der Waals surface area contributed by atoms with Crippen LogP contribution in [0.2, 0.25) is 0 Å². The van der Waals surface area contributed by atoms with E-state index < -0.39 is 10.0 Å². The smallest absolute Gasteiger partial charge is 0.216 e. The maximum absolute atomic E-state index is 12.2. The minimum Gasteiger partial charge on any atom is -0.372 e. The molecule has 0 bridgehead atoms. The van der Waals surface area contributed by atoms with Crippen molar-refractivity contribution in [1.82, 2.24) is 4.72 Å². The summed E-state index contributed by atoms with van der Waals surface area (Å²) in [5.41, 5.74) is 3.99. The van der Waals surface area contributed by atoms with Gasteiger partial charge in [0.25, 0.3) is 0 Å². The van der Waals surface area contributed by atoms with Crippen LogP contribution >= 0.6 is 0 Å². The van der Waals surface area contributed by atoms with Crippen molar-refractivity contribution in [3.05, 3.63) is 65.2 Å². The van der Waals surface area contributed by atoms with Crippen LogP contribution in [0.15, 0.2) is 48.5 Å². The molecular formula is C19H26N2O2S. The van der Waals surface area contributed by atoms with Gasteiger partial charge in [-0.25, -0.2) is 13.1 Å². The van der Waals surface area contributed by atoms with Gasteiger partial charge in [-0.3, -0.25) is 0 Å². The first-order valence-corrected chi connectivity index (χ1v) is 9.95. The van der Waals surface area contributed by atoms with Gasteiger partial charge in [0.05, 0.1) is 5.75 Å². The highest BCUT2D eigenvalue weighted by Crippen LogP contribution is 2.15. The van der Waals surface area contributed by atoms with Gasteiger partial charge in [0.15, 0.2) is 0 Å². The average Bonchev–Trinajstić information content (AvgIpc) is 2.55. The molecular weight excluding hydrogens is 320 g/mol. The van der Waals surface area contributed by atoms with Gasteiger partial charge in [0.2, 0.25) is 10.0 Å². The van der Waals surface area contributed by atoms with E-state index >= 15 is 0 Å². The van der Waals surface area contributed by atoms with E-state index in [0.717, 1.165) is 35.5 Å². The molecule has 0 aliphatic rings. The summed E-state index contributed by atoms with van der Waals surface area (Å²) in [7, 11) is -3.35. The fraction of sp³-hybridized carbons (Fsp3) is 0.368. The number of benzene rings is 2. The lowest BCUT2D eigenvalue weighted by Gasteiger charge is -2.21. The van der Waals surface area contributed by atoms with Gasteiger partial charge in [-0.2, -0.15) is 0 Å². The second-order valence-corrected chi connectivity index (χ2v) is 7.71. The summed E-state index contributed by atoms with van der Waals surface area (Å²) in [5, 5.41) is 0. The van der Waals surface area contributed by atoms with E-state index in [1.54, 1.807) is 0 Å². The fourth-order valence-electron chi connectivity index (χ4n) is 2.68. The first kappa shape index (κ1) is 18.5. The summed E-state index contributed by atoms with van der Waals surface area (Å²) in [6.45, 7) is 8.43. The molecule has 2 rings (SSSR count). The van der Waals surface area contributed by atoms with E-state index in [1.807, 2.05) is 55.5 Å². The van der Waals surface area contributed by atoms with Gasteiger partial charge in [-0.15, -0.1) is 0 Å². The predicted octanol–water partition coefficient (Wildman–Crippen LogP) is 3.46. The zero-order valence-electron chi connectivity index (χ0n) is 14.6. The minimum absolute atomic E-state index is 0.00616. The molecule has 0 aromatic heterocycles. The van der Waals surface area contributed by atoms with Crippen molar-refractivity contribution in [2.24, 2.45) is 0 Å². The fourth-order valence-corrected chi connectivity index (χ4v) is 3.79. The van der Waals surface area contributed by atoms with Gasteiger partial charge >= 0.3 is 0 Å². The largest absolute Gasteiger partial charge is 0.372 e. The van der Waals surface area contributed by atoms with Gasteiger partial charge in [0, 0.05) is 25.3 Å². The van der Waals surface area contributed by atoms with Crippen molar-refractivity contribution in [2.45, 2.75) is 33.1 Å². The van der Waals surface area contributed by atoms with Crippen LogP contribution in [0.25, 0.3) is 0 Å². The zero-order chi connectivity index (χ0) is 17.6. The van der Waals surface area contributed by atoms with Crippen molar-refractivity contribution in [2.75, 3.05) is 18.0 Å². The average molecular weight is 346 g/mol. The molecule has 0 aliphatic carbocycles. The molecule has 1 N–H and O–H groups in total. The molecule has 0 aliphatic heterocycles. The molecule has 2 aromatic carbocycles. The third kappa shape index (κ3) is 5.35. The topological polar surface area (TPSA) is 49.4 Å². The molecule has 0 spiro atoms. The Morgan fingerprint density at radius 1 is 0.958 bits per heavy atom. The summed E-state index contributed by atoms with van der Waals surface area (Å²) in [4.78, 5) is 2.26. The highest BCUT2D eigenvalue weighted by atomic mass is 32.2. The molecule has 5 heteroatoms. The Morgan fingerprint density at radius 3 is 2.21 bits per heavy atom. The standard InChI is InChI=1S/C19H26N2O2S/c1-4-21(5-2)19-11-9-17(10-12-19)14-20-24(22,23)15-18-8-6-7-16(3)13-18/h6-13,20H,4-5,14-15H2,1-3H3. The first-order valence-electron chi connectivity index (χ1n) is 8.30. The molecule has 24 heavy (non-hydrogen) atoms. The lowest BCUT2D eigenvalue weighted by molar-refractivity contribution is 0.580. The Hall–Kier alpha value is -1.85. The van der Waals surface area contributed by atoms with Crippen molar-refractivity contribution < 1.29 is 8.42 Å². The Balaban J connectivity index is 1.96. The molecule has 0 atom stereocenters. The van der Waals surface area contributed by atoms with E-state index in [2.05, 4.69) is 23.5 Å². The molecule has 0 fully saturated rings. The minimum atomic E-state index is -3.35.